The molecule has 0 N–H and O–H groups in total. The quantitative estimate of drug-likeness (QED) is 0.435. The number of rotatable bonds is 5. The predicted octanol–water partition coefficient (Wildman–Crippen LogP) is 3.05. The van der Waals surface area contributed by atoms with E-state index in [9.17, 15) is 0 Å². The second kappa shape index (κ2) is 4.46. The monoisotopic (exact) mass is 166 g/mol. The van der Waals surface area contributed by atoms with Crippen molar-refractivity contribution in [2.75, 3.05) is 13.6 Å². The molecule has 0 saturated carbocycles. The van der Waals surface area contributed by atoms with E-state index in [4.69, 9.17) is 0 Å². The van der Waals surface area contributed by atoms with Gasteiger partial charge < -0.3 is 0 Å². The van der Waals surface area contributed by atoms with Crippen molar-refractivity contribution in [3.63, 3.8) is 0 Å². The summed E-state index contributed by atoms with van der Waals surface area (Å²) in [5.41, 5.74) is 0. The Hall–Kier alpha value is -0.560. The van der Waals surface area contributed by atoms with E-state index in [1.165, 1.54) is 32.2 Å². The molecule has 1 rings (SSSR count). The van der Waals surface area contributed by atoms with Gasteiger partial charge in [0, 0.05) is 0 Å². The highest BCUT2D eigenvalue weighted by Gasteiger charge is 2.16. The van der Waals surface area contributed by atoms with Crippen LogP contribution in [0.1, 0.15) is 32.6 Å². The Morgan fingerprint density at radius 2 is 1.67 bits per heavy atom. The molecule has 0 saturated heterocycles. The molecule has 0 amide bonds. The van der Waals surface area contributed by atoms with Crippen LogP contribution >= 0.6 is 0 Å². The Morgan fingerprint density at radius 1 is 1.00 bits per heavy atom. The van der Waals surface area contributed by atoms with Crippen molar-refractivity contribution in [2.45, 2.75) is 32.6 Å². The predicted molar refractivity (Wildman–Crippen MR) is 53.5 cm³/mol. The van der Waals surface area contributed by atoms with Gasteiger partial charge in [-0.25, -0.2) is 0 Å². The summed E-state index contributed by atoms with van der Waals surface area (Å²) < 4.78 is 1.00. The van der Waals surface area contributed by atoms with Gasteiger partial charge >= 0.3 is 0 Å². The van der Waals surface area contributed by atoms with Crippen LogP contribution in [-0.2, 0) is 0 Å². The fourth-order valence-electron chi connectivity index (χ4n) is 1.57. The first kappa shape index (κ1) is 9.53. The number of quaternary nitrogens is 1. The topological polar surface area (TPSA) is 0 Å². The van der Waals surface area contributed by atoms with Crippen LogP contribution < -0.4 is 0 Å². The Bertz CT molecular complexity index is 167. The summed E-state index contributed by atoms with van der Waals surface area (Å²) >= 11 is 0. The minimum atomic E-state index is 1.00. The summed E-state index contributed by atoms with van der Waals surface area (Å²) in [6, 6.07) is 0. The number of nitrogens with zero attached hydrogens (tertiary/aromatic N) is 1. The minimum Gasteiger partial charge on any atom is -0.273 e. The lowest BCUT2D eigenvalue weighted by Gasteiger charge is -2.22. The lowest BCUT2D eigenvalue weighted by Crippen LogP contribution is -2.31. The second-order valence-corrected chi connectivity index (χ2v) is 3.81. The lowest BCUT2D eigenvalue weighted by molar-refractivity contribution is -0.804. The van der Waals surface area contributed by atoms with Crippen LogP contribution in [0.25, 0.3) is 0 Å². The highest BCUT2D eigenvalue weighted by molar-refractivity contribution is 5.03. The molecule has 1 nitrogen and oxygen atoms in total. The molecule has 1 aliphatic rings. The molecule has 0 aromatic heterocycles. The van der Waals surface area contributed by atoms with E-state index in [1.807, 2.05) is 0 Å². The molecule has 12 heavy (non-hydrogen) atoms. The maximum absolute atomic E-state index is 2.26. The zero-order valence-electron chi connectivity index (χ0n) is 8.29. The maximum atomic E-state index is 2.26. The minimum absolute atomic E-state index is 1.00. The van der Waals surface area contributed by atoms with E-state index in [1.54, 1.807) is 0 Å². The highest BCUT2D eigenvalue weighted by Crippen LogP contribution is 2.14. The van der Waals surface area contributed by atoms with Crippen molar-refractivity contribution >= 4 is 0 Å². The van der Waals surface area contributed by atoms with Gasteiger partial charge in [0.2, 0.25) is 0 Å². The Labute approximate surface area is 76.0 Å². The third-order valence-electron chi connectivity index (χ3n) is 2.46. The summed E-state index contributed by atoms with van der Waals surface area (Å²) in [6.07, 6.45) is 14.2. The van der Waals surface area contributed by atoms with E-state index < -0.39 is 0 Å². The molecular weight excluding hydrogens is 146 g/mol. The molecule has 1 heterocycles. The molecular formula is C11H20N+. The van der Waals surface area contributed by atoms with Crippen LogP contribution in [0.4, 0.5) is 0 Å². The first-order valence-electron chi connectivity index (χ1n) is 4.99. The van der Waals surface area contributed by atoms with Crippen molar-refractivity contribution in [1.29, 1.82) is 0 Å². The highest BCUT2D eigenvalue weighted by atomic mass is 15.3. The van der Waals surface area contributed by atoms with Crippen LogP contribution in [0.2, 0.25) is 0 Å². The number of unbranched alkanes of at least 4 members (excludes halogenated alkanes) is 3. The van der Waals surface area contributed by atoms with E-state index in [0.29, 0.717) is 0 Å². The first-order valence-corrected chi connectivity index (χ1v) is 4.99. The Balaban J connectivity index is 2.14. The average Bonchev–Trinajstić information content (AvgIpc) is 2.47. The molecule has 1 aliphatic heterocycles. The van der Waals surface area contributed by atoms with E-state index in [2.05, 4.69) is 38.5 Å². The molecule has 0 aromatic carbocycles. The largest absolute Gasteiger partial charge is 0.273 e. The Kier molecular flexibility index (Phi) is 3.54. The van der Waals surface area contributed by atoms with Crippen LogP contribution in [0.15, 0.2) is 24.6 Å². The molecule has 0 atom stereocenters. The van der Waals surface area contributed by atoms with Gasteiger partial charge in [-0.05, 0) is 25.0 Å². The molecule has 0 aromatic rings. The summed E-state index contributed by atoms with van der Waals surface area (Å²) in [5, 5.41) is 0. The van der Waals surface area contributed by atoms with Crippen LogP contribution in [0, 0.1) is 0 Å². The fraction of sp³-hybridized carbons (Fsp3) is 0.636. The maximum Gasteiger partial charge on any atom is 0.100 e. The normalized spacial score (nSPS) is 18.8. The van der Waals surface area contributed by atoms with Gasteiger partial charge in [-0.3, -0.25) is 4.48 Å². The molecule has 68 valence electrons. The van der Waals surface area contributed by atoms with Crippen molar-refractivity contribution in [3.8, 4) is 0 Å². The van der Waals surface area contributed by atoms with Gasteiger partial charge in [0.25, 0.3) is 0 Å². The molecule has 0 unspecified atom stereocenters. The van der Waals surface area contributed by atoms with Crippen molar-refractivity contribution in [3.05, 3.63) is 24.6 Å². The summed E-state index contributed by atoms with van der Waals surface area (Å²) in [4.78, 5) is 0. The van der Waals surface area contributed by atoms with Crippen molar-refractivity contribution < 1.29 is 4.48 Å². The molecule has 1 heteroatoms. The number of hydrogen-bond acceptors (Lipinski definition) is 0. The molecule has 0 bridgehead atoms. The molecule has 0 aliphatic carbocycles. The van der Waals surface area contributed by atoms with Crippen LogP contribution in [0.3, 0.4) is 0 Å². The Morgan fingerprint density at radius 3 is 2.25 bits per heavy atom. The molecule has 0 radical (unpaired) electrons. The van der Waals surface area contributed by atoms with Gasteiger partial charge in [0.15, 0.2) is 0 Å². The smallest absolute Gasteiger partial charge is 0.100 e. The summed E-state index contributed by atoms with van der Waals surface area (Å²) in [7, 11) is 2.26. The van der Waals surface area contributed by atoms with Crippen molar-refractivity contribution in [1.82, 2.24) is 0 Å². The van der Waals surface area contributed by atoms with E-state index in [-0.39, 0.29) is 0 Å². The third-order valence-corrected chi connectivity index (χ3v) is 2.46. The molecule has 0 fully saturated rings. The van der Waals surface area contributed by atoms with Crippen LogP contribution in [0.5, 0.6) is 0 Å². The summed E-state index contributed by atoms with van der Waals surface area (Å²) in [5.74, 6) is 0. The average molecular weight is 166 g/mol. The van der Waals surface area contributed by atoms with Crippen molar-refractivity contribution in [2.24, 2.45) is 0 Å². The van der Waals surface area contributed by atoms with Gasteiger partial charge in [0.1, 0.15) is 12.4 Å². The third kappa shape index (κ3) is 2.82. The van der Waals surface area contributed by atoms with Crippen LogP contribution in [-0.4, -0.2) is 18.1 Å². The first-order chi connectivity index (χ1) is 5.77. The second-order valence-electron chi connectivity index (χ2n) is 3.81. The lowest BCUT2D eigenvalue weighted by atomic mass is 10.2. The fourth-order valence-corrected chi connectivity index (χ4v) is 1.57. The SMILES string of the molecule is CCCCCC[N+]1(C)C=CC=C1. The van der Waals surface area contributed by atoms with E-state index in [0.717, 1.165) is 4.48 Å². The zero-order chi connectivity index (χ0) is 8.86. The van der Waals surface area contributed by atoms with Gasteiger partial charge in [0.05, 0.1) is 13.6 Å². The summed E-state index contributed by atoms with van der Waals surface area (Å²) in [6.45, 7) is 3.51. The number of hydrogen-bond donors (Lipinski definition) is 0. The molecule has 0 spiro atoms. The van der Waals surface area contributed by atoms with Gasteiger partial charge in [-0.1, -0.05) is 19.8 Å². The number of allylic oxidation sites excluding steroid dienone is 2. The van der Waals surface area contributed by atoms with Gasteiger partial charge in [-0.2, -0.15) is 0 Å². The van der Waals surface area contributed by atoms with E-state index >= 15 is 0 Å². The zero-order valence-corrected chi connectivity index (χ0v) is 8.29. The standard InChI is InChI=1S/C11H20N/c1-3-4-5-6-9-12(2)10-7-8-11-12/h7-8,10-11H,3-6,9H2,1-2H3/q+1. The van der Waals surface area contributed by atoms with Gasteiger partial charge in [-0.15, -0.1) is 0 Å².